The van der Waals surface area contributed by atoms with Crippen molar-refractivity contribution >= 4 is 17.4 Å². The van der Waals surface area contributed by atoms with E-state index in [2.05, 4.69) is 4.74 Å². The molecular weight excluding hydrogens is 213 g/mol. The van der Waals surface area contributed by atoms with Crippen LogP contribution in [-0.2, 0) is 9.53 Å². The number of nitrogen functional groups attached to an aromatic ring is 1. The molecule has 0 radical (unpaired) electrons. The van der Waals surface area contributed by atoms with Gasteiger partial charge in [-0.25, -0.2) is 4.39 Å². The Hall–Kier alpha value is -1.91. The van der Waals surface area contributed by atoms with Crippen LogP contribution >= 0.6 is 0 Å². The Morgan fingerprint density at radius 3 is 2.75 bits per heavy atom. The van der Waals surface area contributed by atoms with Crippen molar-refractivity contribution in [3.8, 4) is 0 Å². The number of carbonyl (C=O) groups excluding carboxylic acids is 2. The third kappa shape index (κ3) is 2.79. The quantitative estimate of drug-likeness (QED) is 0.365. The molecule has 2 N–H and O–H groups in total. The van der Waals surface area contributed by atoms with E-state index in [0.717, 1.165) is 0 Å². The Morgan fingerprint density at radius 2 is 2.12 bits per heavy atom. The van der Waals surface area contributed by atoms with Gasteiger partial charge in [0.25, 0.3) is 0 Å². The van der Waals surface area contributed by atoms with Crippen molar-refractivity contribution in [2.45, 2.75) is 13.3 Å². The molecule has 0 aliphatic carbocycles. The molecule has 0 aromatic heterocycles. The number of hydrogen-bond acceptors (Lipinski definition) is 4. The van der Waals surface area contributed by atoms with Gasteiger partial charge in [-0.15, -0.1) is 0 Å². The molecule has 0 unspecified atom stereocenters. The van der Waals surface area contributed by atoms with Crippen LogP contribution in [0, 0.1) is 5.82 Å². The molecular formula is C11H12FNO3. The van der Waals surface area contributed by atoms with Crippen LogP contribution in [0.1, 0.15) is 23.7 Å². The zero-order valence-corrected chi connectivity index (χ0v) is 8.83. The zero-order chi connectivity index (χ0) is 12.1. The van der Waals surface area contributed by atoms with Crippen molar-refractivity contribution in [2.75, 3.05) is 12.3 Å². The number of ketones is 1. The van der Waals surface area contributed by atoms with E-state index in [9.17, 15) is 14.0 Å². The first-order chi connectivity index (χ1) is 7.56. The molecule has 4 nitrogen and oxygen atoms in total. The molecule has 0 atom stereocenters. The normalized spacial score (nSPS) is 9.88. The molecule has 0 aliphatic heterocycles. The van der Waals surface area contributed by atoms with Crippen LogP contribution in [0.15, 0.2) is 18.2 Å². The molecule has 0 spiro atoms. The van der Waals surface area contributed by atoms with Crippen molar-refractivity contribution in [3.63, 3.8) is 0 Å². The van der Waals surface area contributed by atoms with E-state index in [-0.39, 0.29) is 17.9 Å². The predicted octanol–water partition coefficient (Wildman–Crippen LogP) is 1.54. The minimum atomic E-state index is -0.795. The number of esters is 1. The number of ether oxygens (including phenoxy) is 1. The fraction of sp³-hybridized carbons (Fsp3) is 0.273. The summed E-state index contributed by atoms with van der Waals surface area (Å²) in [5, 5.41) is 0. The molecule has 1 rings (SSSR count). The van der Waals surface area contributed by atoms with Gasteiger partial charge in [-0.1, -0.05) is 6.07 Å². The zero-order valence-electron chi connectivity index (χ0n) is 8.83. The first-order valence-electron chi connectivity index (χ1n) is 4.79. The highest BCUT2D eigenvalue weighted by Gasteiger charge is 2.17. The number of Topliss-reactive ketones (excluding diaryl/α,β-unsaturated/α-hetero) is 1. The van der Waals surface area contributed by atoms with Crippen LogP contribution in [0.25, 0.3) is 0 Å². The van der Waals surface area contributed by atoms with E-state index in [4.69, 9.17) is 5.73 Å². The Bertz CT molecular complexity index is 418. The maximum atomic E-state index is 13.4. The summed E-state index contributed by atoms with van der Waals surface area (Å²) in [7, 11) is 0. The molecule has 0 fully saturated rings. The Labute approximate surface area is 92.2 Å². The van der Waals surface area contributed by atoms with Crippen molar-refractivity contribution in [3.05, 3.63) is 29.6 Å². The van der Waals surface area contributed by atoms with Gasteiger partial charge < -0.3 is 10.5 Å². The summed E-state index contributed by atoms with van der Waals surface area (Å²) in [5.74, 6) is -2.10. The number of halogens is 1. The van der Waals surface area contributed by atoms with Crippen molar-refractivity contribution in [1.82, 2.24) is 0 Å². The highest BCUT2D eigenvalue weighted by atomic mass is 19.1. The SMILES string of the molecule is CCOC(=O)CC(=O)c1cccc(N)c1F. The number of anilines is 1. The predicted molar refractivity (Wildman–Crippen MR) is 56.4 cm³/mol. The molecule has 1 aromatic rings. The van der Waals surface area contributed by atoms with Gasteiger partial charge in [0.2, 0.25) is 0 Å². The largest absolute Gasteiger partial charge is 0.466 e. The summed E-state index contributed by atoms with van der Waals surface area (Å²) < 4.78 is 18.0. The molecule has 16 heavy (non-hydrogen) atoms. The van der Waals surface area contributed by atoms with Gasteiger partial charge in [-0.3, -0.25) is 9.59 Å². The second-order valence-electron chi connectivity index (χ2n) is 3.11. The molecule has 0 bridgehead atoms. The number of carbonyl (C=O) groups is 2. The van der Waals surface area contributed by atoms with E-state index >= 15 is 0 Å². The monoisotopic (exact) mass is 225 g/mol. The van der Waals surface area contributed by atoms with E-state index in [1.54, 1.807) is 6.92 Å². The summed E-state index contributed by atoms with van der Waals surface area (Å²) in [6.45, 7) is 1.81. The second-order valence-corrected chi connectivity index (χ2v) is 3.11. The molecule has 0 heterocycles. The lowest BCUT2D eigenvalue weighted by molar-refractivity contribution is -0.141. The van der Waals surface area contributed by atoms with Crippen LogP contribution in [-0.4, -0.2) is 18.4 Å². The highest BCUT2D eigenvalue weighted by molar-refractivity contribution is 6.06. The first-order valence-corrected chi connectivity index (χ1v) is 4.79. The fourth-order valence-corrected chi connectivity index (χ4v) is 1.20. The molecule has 0 amide bonds. The Morgan fingerprint density at radius 1 is 1.44 bits per heavy atom. The molecule has 0 saturated carbocycles. The summed E-state index contributed by atoms with van der Waals surface area (Å²) >= 11 is 0. The molecule has 86 valence electrons. The molecule has 5 heteroatoms. The van der Waals surface area contributed by atoms with Gasteiger partial charge in [0.1, 0.15) is 6.42 Å². The minimum absolute atomic E-state index is 0.116. The molecule has 0 saturated heterocycles. The third-order valence-electron chi connectivity index (χ3n) is 1.94. The van der Waals surface area contributed by atoms with E-state index in [1.165, 1.54) is 18.2 Å². The molecule has 0 aliphatic rings. The standard InChI is InChI=1S/C11H12FNO3/c1-2-16-10(15)6-9(14)7-4-3-5-8(13)11(7)12/h3-5H,2,6,13H2,1H3. The minimum Gasteiger partial charge on any atom is -0.466 e. The topological polar surface area (TPSA) is 69.4 Å². The van der Waals surface area contributed by atoms with Gasteiger partial charge >= 0.3 is 5.97 Å². The summed E-state index contributed by atoms with van der Waals surface area (Å²) in [6, 6.07) is 4.08. The lowest BCUT2D eigenvalue weighted by atomic mass is 10.1. The van der Waals surface area contributed by atoms with E-state index < -0.39 is 24.0 Å². The number of rotatable bonds is 4. The lowest BCUT2D eigenvalue weighted by Crippen LogP contribution is -2.13. The smallest absolute Gasteiger partial charge is 0.313 e. The maximum Gasteiger partial charge on any atom is 0.313 e. The van der Waals surface area contributed by atoms with E-state index in [0.29, 0.717) is 0 Å². The van der Waals surface area contributed by atoms with Crippen LogP contribution in [0.2, 0.25) is 0 Å². The second kappa shape index (κ2) is 5.25. The number of benzene rings is 1. The number of nitrogens with two attached hydrogens (primary N) is 1. The summed E-state index contributed by atoms with van der Waals surface area (Å²) in [6.07, 6.45) is -0.478. The van der Waals surface area contributed by atoms with Gasteiger partial charge in [0.05, 0.1) is 17.9 Å². The fourth-order valence-electron chi connectivity index (χ4n) is 1.20. The van der Waals surface area contributed by atoms with Crippen LogP contribution in [0.5, 0.6) is 0 Å². The highest BCUT2D eigenvalue weighted by Crippen LogP contribution is 2.16. The van der Waals surface area contributed by atoms with Crippen LogP contribution in [0.4, 0.5) is 10.1 Å². The van der Waals surface area contributed by atoms with Gasteiger partial charge in [-0.2, -0.15) is 0 Å². The summed E-state index contributed by atoms with van der Waals surface area (Å²) in [5.41, 5.74) is 5.00. The maximum absolute atomic E-state index is 13.4. The molecule has 1 aromatic carbocycles. The third-order valence-corrected chi connectivity index (χ3v) is 1.94. The van der Waals surface area contributed by atoms with Crippen molar-refractivity contribution in [1.29, 1.82) is 0 Å². The first kappa shape index (κ1) is 12.2. The van der Waals surface area contributed by atoms with Gasteiger partial charge in [-0.05, 0) is 19.1 Å². The van der Waals surface area contributed by atoms with Crippen molar-refractivity contribution in [2.24, 2.45) is 0 Å². The van der Waals surface area contributed by atoms with Crippen LogP contribution < -0.4 is 5.73 Å². The summed E-state index contributed by atoms with van der Waals surface area (Å²) in [4.78, 5) is 22.5. The van der Waals surface area contributed by atoms with Crippen LogP contribution in [0.3, 0.4) is 0 Å². The number of hydrogen-bond donors (Lipinski definition) is 1. The Balaban J connectivity index is 2.81. The van der Waals surface area contributed by atoms with Gasteiger partial charge in [0.15, 0.2) is 11.6 Å². The average Bonchev–Trinajstić information content (AvgIpc) is 2.22. The average molecular weight is 225 g/mol. The van der Waals surface area contributed by atoms with Gasteiger partial charge in [0, 0.05) is 0 Å². The lowest BCUT2D eigenvalue weighted by Gasteiger charge is -2.04. The Kier molecular flexibility index (Phi) is 3.99. The van der Waals surface area contributed by atoms with E-state index in [1.807, 2.05) is 0 Å². The van der Waals surface area contributed by atoms with Crippen molar-refractivity contribution < 1.29 is 18.7 Å².